The van der Waals surface area contributed by atoms with E-state index in [1.165, 1.54) is 4.31 Å². The quantitative estimate of drug-likeness (QED) is 0.682. The fourth-order valence-electron chi connectivity index (χ4n) is 1.72. The molecule has 0 spiro atoms. The van der Waals surface area contributed by atoms with Crippen molar-refractivity contribution in [3.05, 3.63) is 16.5 Å². The Kier molecular flexibility index (Phi) is 7.22. The molecule has 1 aromatic rings. The molecule has 5 nitrogen and oxygen atoms in total. The second kappa shape index (κ2) is 8.17. The smallest absolute Gasteiger partial charge is 0.247 e. The third-order valence-electron chi connectivity index (χ3n) is 2.95. The normalized spacial score (nSPS) is 12.2. The molecule has 116 valence electrons. The predicted molar refractivity (Wildman–Crippen MR) is 83.1 cm³/mol. The van der Waals surface area contributed by atoms with Crippen molar-refractivity contribution in [3.8, 4) is 0 Å². The van der Waals surface area contributed by atoms with Gasteiger partial charge in [-0.25, -0.2) is 12.7 Å². The van der Waals surface area contributed by atoms with Crippen LogP contribution in [0.15, 0.2) is 20.0 Å². The number of nitrogens with one attached hydrogen (secondary N) is 1. The maximum absolute atomic E-state index is 12.4. The molecule has 0 aliphatic heterocycles. The Labute approximate surface area is 129 Å². The molecule has 0 aliphatic carbocycles. The number of furan rings is 1. The van der Waals surface area contributed by atoms with Crippen LogP contribution >= 0.6 is 15.9 Å². The lowest BCUT2D eigenvalue weighted by Gasteiger charge is -2.15. The minimum atomic E-state index is -3.49. The lowest BCUT2D eigenvalue weighted by atomic mass is 10.3. The van der Waals surface area contributed by atoms with Gasteiger partial charge in [0.2, 0.25) is 10.0 Å². The van der Waals surface area contributed by atoms with Gasteiger partial charge in [-0.2, -0.15) is 0 Å². The zero-order valence-electron chi connectivity index (χ0n) is 12.3. The van der Waals surface area contributed by atoms with Crippen molar-refractivity contribution in [1.82, 2.24) is 9.62 Å². The first-order valence-corrected chi connectivity index (χ1v) is 9.12. The molecule has 0 aromatic carbocycles. The number of hydrogen-bond donors (Lipinski definition) is 1. The van der Waals surface area contributed by atoms with Crippen LogP contribution in [0.1, 0.15) is 38.9 Å². The van der Waals surface area contributed by atoms with Gasteiger partial charge in [0.15, 0.2) is 4.67 Å². The van der Waals surface area contributed by atoms with E-state index in [0.29, 0.717) is 18.8 Å². The van der Waals surface area contributed by atoms with Crippen molar-refractivity contribution in [2.45, 2.75) is 44.6 Å². The summed E-state index contributed by atoms with van der Waals surface area (Å²) in [7, 11) is -1.89. The van der Waals surface area contributed by atoms with Gasteiger partial charge in [0, 0.05) is 19.7 Å². The Morgan fingerprint density at radius 2 is 2.05 bits per heavy atom. The van der Waals surface area contributed by atoms with Gasteiger partial charge in [-0.15, -0.1) is 0 Å². The highest BCUT2D eigenvalue weighted by Crippen LogP contribution is 2.28. The number of nitrogens with zero attached hydrogens (tertiary/aromatic N) is 1. The molecular formula is C13H23BrN2O3S. The molecule has 0 bridgehead atoms. The van der Waals surface area contributed by atoms with Gasteiger partial charge in [0.05, 0.1) is 6.54 Å². The molecule has 0 aliphatic rings. The van der Waals surface area contributed by atoms with Crippen LogP contribution in [-0.4, -0.2) is 32.9 Å². The fraction of sp³-hybridized carbons (Fsp3) is 0.692. The van der Waals surface area contributed by atoms with Crippen molar-refractivity contribution in [1.29, 1.82) is 0 Å². The Hall–Kier alpha value is -0.370. The van der Waals surface area contributed by atoms with Gasteiger partial charge in [-0.05, 0) is 35.3 Å². The summed E-state index contributed by atoms with van der Waals surface area (Å²) >= 11 is 3.20. The number of halogens is 1. The van der Waals surface area contributed by atoms with E-state index < -0.39 is 10.0 Å². The van der Waals surface area contributed by atoms with Crippen LogP contribution in [0.2, 0.25) is 0 Å². The summed E-state index contributed by atoms with van der Waals surface area (Å²) in [5.74, 6) is 0.618. The average Bonchev–Trinajstić information content (AvgIpc) is 2.78. The lowest BCUT2D eigenvalue weighted by Crippen LogP contribution is -2.27. The first kappa shape index (κ1) is 17.7. The summed E-state index contributed by atoms with van der Waals surface area (Å²) in [5.41, 5.74) is 0. The van der Waals surface area contributed by atoms with Gasteiger partial charge in [-0.3, -0.25) is 0 Å². The zero-order chi connectivity index (χ0) is 15.2. The van der Waals surface area contributed by atoms with Gasteiger partial charge in [0.1, 0.15) is 10.7 Å². The van der Waals surface area contributed by atoms with E-state index in [1.54, 1.807) is 13.1 Å². The highest BCUT2D eigenvalue weighted by molar-refractivity contribution is 9.10. The first-order valence-electron chi connectivity index (χ1n) is 6.88. The molecule has 0 unspecified atom stereocenters. The van der Waals surface area contributed by atoms with E-state index in [-0.39, 0.29) is 9.56 Å². The molecule has 0 atom stereocenters. The second-order valence-corrected chi connectivity index (χ2v) is 7.44. The molecule has 7 heteroatoms. The zero-order valence-corrected chi connectivity index (χ0v) is 14.7. The first-order chi connectivity index (χ1) is 9.43. The molecule has 0 amide bonds. The van der Waals surface area contributed by atoms with Crippen LogP contribution < -0.4 is 5.32 Å². The molecule has 0 saturated carbocycles. The molecule has 1 heterocycles. The molecule has 1 N–H and O–H groups in total. The number of sulfonamides is 1. The predicted octanol–water partition coefficient (Wildman–Crippen LogP) is 2.96. The highest BCUT2D eigenvalue weighted by atomic mass is 79.9. The molecule has 0 radical (unpaired) electrons. The van der Waals surface area contributed by atoms with E-state index in [9.17, 15) is 8.42 Å². The van der Waals surface area contributed by atoms with Gasteiger partial charge in [0.25, 0.3) is 0 Å². The van der Waals surface area contributed by atoms with Crippen molar-refractivity contribution in [2.75, 3.05) is 20.1 Å². The van der Waals surface area contributed by atoms with Crippen LogP contribution in [0, 0.1) is 0 Å². The third-order valence-corrected chi connectivity index (χ3v) is 5.66. The van der Waals surface area contributed by atoms with Gasteiger partial charge in [-0.1, -0.05) is 20.3 Å². The van der Waals surface area contributed by atoms with Crippen molar-refractivity contribution >= 4 is 26.0 Å². The molecular weight excluding hydrogens is 344 g/mol. The van der Waals surface area contributed by atoms with Crippen LogP contribution in [-0.2, 0) is 16.6 Å². The lowest BCUT2D eigenvalue weighted by molar-refractivity contribution is 0.447. The monoisotopic (exact) mass is 366 g/mol. The number of hydrogen-bond acceptors (Lipinski definition) is 4. The summed E-state index contributed by atoms with van der Waals surface area (Å²) in [6, 6.07) is 1.59. The summed E-state index contributed by atoms with van der Waals surface area (Å²) < 4.78 is 31.9. The van der Waals surface area contributed by atoms with Crippen molar-refractivity contribution in [2.24, 2.45) is 0 Å². The summed E-state index contributed by atoms with van der Waals surface area (Å²) in [5, 5.41) is 3.18. The molecule has 20 heavy (non-hydrogen) atoms. The largest absolute Gasteiger partial charge is 0.452 e. The Balaban J connectivity index is 2.84. The van der Waals surface area contributed by atoms with E-state index >= 15 is 0 Å². The summed E-state index contributed by atoms with van der Waals surface area (Å²) in [4.78, 5) is 0.199. The minimum absolute atomic E-state index is 0.199. The van der Waals surface area contributed by atoms with Crippen LogP contribution in [0.5, 0.6) is 0 Å². The molecule has 1 aromatic heterocycles. The Bertz CT molecular complexity index is 514. The van der Waals surface area contributed by atoms with Gasteiger partial charge < -0.3 is 9.73 Å². The van der Waals surface area contributed by atoms with E-state index in [0.717, 1.165) is 25.8 Å². The standard InChI is InChI=1S/C13H23BrN2O3S/c1-4-6-8-16(3)20(17,18)12-9-11(19-13(12)14)10-15-7-5-2/h9,15H,4-8,10H2,1-3H3. The number of unbranched alkanes of at least 4 members (excludes halogenated alkanes) is 1. The average molecular weight is 367 g/mol. The van der Waals surface area contributed by atoms with E-state index in [1.807, 2.05) is 6.92 Å². The SMILES string of the molecule is CCCCN(C)S(=O)(=O)c1cc(CNCCC)oc1Br. The van der Waals surface area contributed by atoms with Crippen LogP contribution in [0.25, 0.3) is 0 Å². The van der Waals surface area contributed by atoms with Crippen LogP contribution in [0.4, 0.5) is 0 Å². The van der Waals surface area contributed by atoms with Crippen LogP contribution in [0.3, 0.4) is 0 Å². The molecule has 0 fully saturated rings. The molecule has 0 saturated heterocycles. The minimum Gasteiger partial charge on any atom is -0.452 e. The maximum atomic E-state index is 12.4. The van der Waals surface area contributed by atoms with Crippen molar-refractivity contribution in [3.63, 3.8) is 0 Å². The Morgan fingerprint density at radius 1 is 1.35 bits per heavy atom. The summed E-state index contributed by atoms with van der Waals surface area (Å²) in [6.45, 7) is 6.02. The number of rotatable bonds is 9. The highest BCUT2D eigenvalue weighted by Gasteiger charge is 2.26. The topological polar surface area (TPSA) is 62.6 Å². The summed E-state index contributed by atoms with van der Waals surface area (Å²) in [6.07, 6.45) is 2.82. The molecule has 1 rings (SSSR count). The second-order valence-electron chi connectivity index (χ2n) is 4.71. The fourth-order valence-corrected chi connectivity index (χ4v) is 3.88. The van der Waals surface area contributed by atoms with Gasteiger partial charge >= 0.3 is 0 Å². The van der Waals surface area contributed by atoms with E-state index in [2.05, 4.69) is 28.2 Å². The Morgan fingerprint density at radius 3 is 2.65 bits per heavy atom. The third kappa shape index (κ3) is 4.58. The maximum Gasteiger partial charge on any atom is 0.247 e. The van der Waals surface area contributed by atoms with E-state index in [4.69, 9.17) is 4.42 Å². The van der Waals surface area contributed by atoms with Crippen molar-refractivity contribution < 1.29 is 12.8 Å².